The molecule has 4 atom stereocenters. The summed E-state index contributed by atoms with van der Waals surface area (Å²) in [6, 6.07) is 16.5. The number of amides is 1. The molecule has 49 heavy (non-hydrogen) atoms. The summed E-state index contributed by atoms with van der Waals surface area (Å²) in [6.07, 6.45) is 4.37. The van der Waals surface area contributed by atoms with Crippen LogP contribution in [0.2, 0.25) is 5.02 Å². The van der Waals surface area contributed by atoms with Crippen molar-refractivity contribution in [2.75, 3.05) is 25.4 Å². The van der Waals surface area contributed by atoms with Gasteiger partial charge in [0.1, 0.15) is 30.2 Å². The van der Waals surface area contributed by atoms with E-state index in [0.29, 0.717) is 25.6 Å². The highest BCUT2D eigenvalue weighted by Gasteiger charge is 2.46. The summed E-state index contributed by atoms with van der Waals surface area (Å²) >= 11 is 8.42. The zero-order chi connectivity index (χ0) is 35.0. The van der Waals surface area contributed by atoms with Gasteiger partial charge in [-0.1, -0.05) is 36.2 Å². The van der Waals surface area contributed by atoms with Crippen LogP contribution in [0.1, 0.15) is 63.0 Å². The van der Waals surface area contributed by atoms with Gasteiger partial charge in [-0.25, -0.2) is 0 Å². The molecule has 1 amide bonds. The number of carbonyl (C=O) groups excluding carboxylic acids is 1. The summed E-state index contributed by atoms with van der Waals surface area (Å²) in [7, 11) is 0. The van der Waals surface area contributed by atoms with E-state index in [4.69, 9.17) is 21.4 Å². The summed E-state index contributed by atoms with van der Waals surface area (Å²) in [4.78, 5) is 19.2. The number of nitrogens with zero attached hydrogens (tertiary/aromatic N) is 2. The van der Waals surface area contributed by atoms with Gasteiger partial charge in [0.2, 0.25) is 5.91 Å². The van der Waals surface area contributed by atoms with Gasteiger partial charge >= 0.3 is 0 Å². The Hall–Kier alpha value is -2.74. The summed E-state index contributed by atoms with van der Waals surface area (Å²) in [5.74, 6) is 1.54. The van der Waals surface area contributed by atoms with Crippen LogP contribution in [-0.4, -0.2) is 97.3 Å². The molecule has 1 heterocycles. The molecule has 0 spiro atoms. The number of aliphatic hydroxyl groups excluding tert-OH is 5. The minimum absolute atomic E-state index is 0.175. The quantitative estimate of drug-likeness (QED) is 0.0739. The molecule has 3 aromatic rings. The number of rotatable bonds is 20. The molecular weight excluding hydrogens is 666 g/mol. The van der Waals surface area contributed by atoms with Crippen molar-refractivity contribution in [3.8, 4) is 16.9 Å². The fourth-order valence-corrected chi connectivity index (χ4v) is 7.08. The van der Waals surface area contributed by atoms with E-state index in [9.17, 15) is 25.2 Å². The molecule has 0 bridgehead atoms. The van der Waals surface area contributed by atoms with Crippen LogP contribution in [-0.2, 0) is 16.9 Å². The monoisotopic (exact) mass is 713 g/mol. The van der Waals surface area contributed by atoms with Crippen LogP contribution >= 0.6 is 23.4 Å². The summed E-state index contributed by atoms with van der Waals surface area (Å²) in [6.45, 7) is 1.45. The molecule has 1 aromatic heterocycles. The molecule has 0 saturated heterocycles. The normalized spacial score (nSPS) is 17.6. The van der Waals surface area contributed by atoms with E-state index in [1.807, 2.05) is 30.6 Å². The van der Waals surface area contributed by atoms with Crippen LogP contribution in [0.5, 0.6) is 5.75 Å². The third kappa shape index (κ3) is 10.2. The Labute approximate surface area is 297 Å². The van der Waals surface area contributed by atoms with E-state index in [2.05, 4.69) is 40.6 Å². The Bertz CT molecular complexity index is 1540. The van der Waals surface area contributed by atoms with E-state index >= 15 is 0 Å². The van der Waals surface area contributed by atoms with Crippen molar-refractivity contribution in [2.45, 2.75) is 99.4 Å². The maximum Gasteiger partial charge on any atom is 0.219 e. The number of nitrogens with one attached hydrogen (secondary N) is 1. The lowest BCUT2D eigenvalue weighted by atomic mass is 9.94. The fourth-order valence-electron chi connectivity index (χ4n) is 5.92. The summed E-state index contributed by atoms with van der Waals surface area (Å²) < 4.78 is 6.25. The molecule has 2 saturated carbocycles. The number of thioether (sulfide) groups is 1. The van der Waals surface area contributed by atoms with E-state index in [-0.39, 0.29) is 18.0 Å². The number of hydrogen-bond donors (Lipinski definition) is 6. The Kier molecular flexibility index (Phi) is 13.4. The highest BCUT2D eigenvalue weighted by molar-refractivity contribution is 7.99. The molecule has 0 aliphatic heterocycles. The predicted molar refractivity (Wildman–Crippen MR) is 190 cm³/mol. The number of pyridine rings is 1. The van der Waals surface area contributed by atoms with Crippen molar-refractivity contribution in [1.29, 1.82) is 0 Å². The molecular formula is C37H48ClN3O7S. The first-order chi connectivity index (χ1) is 23.6. The molecule has 2 aromatic carbocycles. The lowest BCUT2D eigenvalue weighted by Crippen LogP contribution is -2.50. The first-order valence-electron chi connectivity index (χ1n) is 17.1. The highest BCUT2D eigenvalue weighted by atomic mass is 35.5. The van der Waals surface area contributed by atoms with Crippen molar-refractivity contribution < 1.29 is 35.1 Å². The highest BCUT2D eigenvalue weighted by Crippen LogP contribution is 2.50. The molecule has 2 aliphatic rings. The van der Waals surface area contributed by atoms with Gasteiger partial charge in [0.05, 0.1) is 12.7 Å². The maximum atomic E-state index is 12.1. The second-order valence-corrected chi connectivity index (χ2v) is 14.7. The first-order valence-corrected chi connectivity index (χ1v) is 18.4. The van der Waals surface area contributed by atoms with Crippen molar-refractivity contribution in [1.82, 2.24) is 15.2 Å². The Balaban J connectivity index is 1.10. The van der Waals surface area contributed by atoms with Crippen molar-refractivity contribution in [3.05, 3.63) is 77.1 Å². The third-order valence-corrected chi connectivity index (χ3v) is 10.7. The van der Waals surface area contributed by atoms with Gasteiger partial charge in [-0.3, -0.25) is 9.78 Å². The smallest absolute Gasteiger partial charge is 0.219 e. The Morgan fingerprint density at radius 2 is 1.80 bits per heavy atom. The number of ether oxygens (including phenoxy) is 1. The number of hydrogen-bond acceptors (Lipinski definition) is 10. The average Bonchev–Trinajstić information content (AvgIpc) is 4.06. The number of aliphatic hydroxyl groups is 5. The fraction of sp³-hybridized carbons (Fsp3) is 0.514. The Morgan fingerprint density at radius 3 is 2.51 bits per heavy atom. The lowest BCUT2D eigenvalue weighted by Gasteiger charge is -2.30. The third-order valence-electron chi connectivity index (χ3n) is 9.24. The van der Waals surface area contributed by atoms with Gasteiger partial charge in [0.25, 0.3) is 0 Å². The van der Waals surface area contributed by atoms with E-state index in [0.717, 1.165) is 76.6 Å². The number of benzene rings is 2. The van der Waals surface area contributed by atoms with E-state index in [1.54, 1.807) is 11.8 Å². The van der Waals surface area contributed by atoms with Gasteiger partial charge in [-0.2, -0.15) is 0 Å². The molecule has 5 rings (SSSR count). The van der Waals surface area contributed by atoms with Gasteiger partial charge in [0.15, 0.2) is 0 Å². The number of aromatic nitrogens is 1. The Morgan fingerprint density at radius 1 is 1.04 bits per heavy atom. The molecule has 2 fully saturated rings. The summed E-state index contributed by atoms with van der Waals surface area (Å²) in [5.41, 5.74) is 4.27. The summed E-state index contributed by atoms with van der Waals surface area (Å²) in [5, 5.41) is 53.3. The second-order valence-electron chi connectivity index (χ2n) is 13.1. The van der Waals surface area contributed by atoms with Crippen LogP contribution in [0.25, 0.3) is 11.1 Å². The van der Waals surface area contributed by atoms with E-state index < -0.39 is 31.0 Å². The van der Waals surface area contributed by atoms with Gasteiger partial charge in [0, 0.05) is 60.0 Å². The number of halogens is 1. The number of carbonyl (C=O) groups is 1. The molecule has 12 heteroatoms. The standard InChI is InChI=1S/C37H48ClN3O7S/c1-24(43)41(22-32(44)35(46)36(47)33(45)23-42)17-5-2-6-18-49-27-11-12-31(38)25(19-27)20-40-37(14-15-37)30-21-39-16-13-28(30)29-7-3-4-8-34(29)48-26-9-10-26/h3-4,7-8,11-13,16,19,21,26,32-33,35-36,40,42,44-47H,2,5-6,9-10,14-15,17-18,20,22-23H2,1H3. The SMILES string of the molecule is CC(=O)N(CCCCCSc1ccc(Cl)c(CNC2(c3cnccc3-c3ccccc3OC3CC3)CC2)c1)CC(O)C(O)C(O)C(O)CO. The van der Waals surface area contributed by atoms with Crippen molar-refractivity contribution in [2.24, 2.45) is 0 Å². The first kappa shape index (κ1) is 37.5. The second kappa shape index (κ2) is 17.5. The van der Waals surface area contributed by atoms with Crippen molar-refractivity contribution in [3.63, 3.8) is 0 Å². The molecule has 6 N–H and O–H groups in total. The van der Waals surface area contributed by atoms with E-state index in [1.165, 1.54) is 17.4 Å². The zero-order valence-corrected chi connectivity index (χ0v) is 29.5. The largest absolute Gasteiger partial charge is 0.490 e. The van der Waals surface area contributed by atoms with Crippen LogP contribution in [0.3, 0.4) is 0 Å². The molecule has 0 radical (unpaired) electrons. The number of unbranched alkanes of at least 4 members (excludes halogenated alkanes) is 2. The maximum absolute atomic E-state index is 12.1. The number of para-hydroxylation sites is 1. The minimum atomic E-state index is -1.72. The zero-order valence-electron chi connectivity index (χ0n) is 27.9. The van der Waals surface area contributed by atoms with Gasteiger partial charge in [-0.05, 0) is 91.3 Å². The predicted octanol–water partition coefficient (Wildman–Crippen LogP) is 4.27. The van der Waals surface area contributed by atoms with Crippen molar-refractivity contribution >= 4 is 29.3 Å². The van der Waals surface area contributed by atoms with Crippen LogP contribution < -0.4 is 10.1 Å². The average molecular weight is 714 g/mol. The molecule has 266 valence electrons. The molecule has 10 nitrogen and oxygen atoms in total. The molecule has 2 aliphatic carbocycles. The minimum Gasteiger partial charge on any atom is -0.490 e. The van der Waals surface area contributed by atoms with Crippen LogP contribution in [0.15, 0.2) is 65.8 Å². The van der Waals surface area contributed by atoms with Crippen LogP contribution in [0.4, 0.5) is 0 Å². The van der Waals surface area contributed by atoms with Crippen LogP contribution in [0, 0.1) is 0 Å². The lowest BCUT2D eigenvalue weighted by molar-refractivity contribution is -0.138. The van der Waals surface area contributed by atoms with Gasteiger partial charge < -0.3 is 40.5 Å². The van der Waals surface area contributed by atoms with Gasteiger partial charge in [-0.15, -0.1) is 11.8 Å². The topological polar surface area (TPSA) is 156 Å². The molecule has 4 unspecified atom stereocenters.